The van der Waals surface area contributed by atoms with Crippen LogP contribution in [0.25, 0.3) is 0 Å². The number of pyridine rings is 2. The average molecular weight is 903 g/mol. The standard InChI is InChI=1S/C19H20Cl2F2NO3.C19H18Cl2F2NO3.CH4O.B.Na.H/c2*1-24-8-14(20)13(15(21)9-24)7-16(25)12-4-5-17(27-19(22)23)18(6-12)26-10-11-2-3-11;1-2;;;/h4-6,8-9,11,16,19,25H,2-3,7,10H2,1H3;4-6,8-9,11,19H,2-3,7,10H2,1H3;2H,1H3;;;/q2*+1;;;+1;-1. The summed E-state index contributed by atoms with van der Waals surface area (Å²) in [6.07, 6.45) is 10.1. The van der Waals surface area contributed by atoms with Crippen molar-refractivity contribution < 1.29 is 91.6 Å². The van der Waals surface area contributed by atoms with Gasteiger partial charge in [-0.2, -0.15) is 17.6 Å². The van der Waals surface area contributed by atoms with E-state index < -0.39 is 19.3 Å². The Morgan fingerprint density at radius 2 is 1.14 bits per heavy atom. The van der Waals surface area contributed by atoms with Crippen LogP contribution in [0.1, 0.15) is 60.3 Å². The number of alkyl halides is 4. The molecule has 2 fully saturated rings. The molecule has 58 heavy (non-hydrogen) atoms. The van der Waals surface area contributed by atoms with Gasteiger partial charge in [-0.3, -0.25) is 4.79 Å². The minimum Gasteiger partial charge on any atom is -1.00 e. The number of benzene rings is 2. The molecule has 0 aliphatic heterocycles. The number of nitrogens with zero attached hydrogens (tertiary/aromatic N) is 2. The smallest absolute Gasteiger partial charge is 1.00 e. The van der Waals surface area contributed by atoms with E-state index in [2.05, 4.69) is 9.47 Å². The van der Waals surface area contributed by atoms with Gasteiger partial charge in [0, 0.05) is 45.1 Å². The van der Waals surface area contributed by atoms with Crippen molar-refractivity contribution in [2.24, 2.45) is 25.9 Å². The first-order valence-electron chi connectivity index (χ1n) is 17.4. The molecule has 2 aliphatic carbocycles. The molecule has 0 spiro atoms. The van der Waals surface area contributed by atoms with E-state index in [-0.39, 0.29) is 81.0 Å². The van der Waals surface area contributed by atoms with E-state index in [4.69, 9.17) is 61.0 Å². The maximum Gasteiger partial charge on any atom is 1.00 e. The molecular weight excluding hydrogens is 860 g/mol. The van der Waals surface area contributed by atoms with Crippen LogP contribution in [0.4, 0.5) is 17.6 Å². The quantitative estimate of drug-likeness (QED) is 0.0667. The van der Waals surface area contributed by atoms with Crippen molar-refractivity contribution in [2.75, 3.05) is 20.3 Å². The first-order valence-corrected chi connectivity index (χ1v) is 18.9. The average Bonchev–Trinajstić information content (AvgIpc) is 4.07. The van der Waals surface area contributed by atoms with Crippen LogP contribution in [-0.2, 0) is 26.9 Å². The van der Waals surface area contributed by atoms with Gasteiger partial charge in [-0.05, 0) is 73.4 Å². The van der Waals surface area contributed by atoms with Crippen molar-refractivity contribution in [3.05, 3.63) is 104 Å². The molecule has 3 radical (unpaired) electrons. The van der Waals surface area contributed by atoms with Crippen LogP contribution in [0.15, 0.2) is 61.2 Å². The van der Waals surface area contributed by atoms with E-state index in [9.17, 15) is 27.5 Å². The summed E-state index contributed by atoms with van der Waals surface area (Å²) in [6.45, 7) is -5.08. The molecule has 2 saturated carbocycles. The zero-order valence-electron chi connectivity index (χ0n) is 33.2. The predicted molar refractivity (Wildman–Crippen MR) is 210 cm³/mol. The second-order valence-corrected chi connectivity index (χ2v) is 14.8. The number of hydrogen-bond acceptors (Lipinski definition) is 7. The number of aromatic nitrogens is 2. The number of carbonyl (C=O) groups is 1. The number of ether oxygens (including phenoxy) is 4. The predicted octanol–water partition coefficient (Wildman–Crippen LogP) is 5.46. The third kappa shape index (κ3) is 16.2. The molecule has 2 aromatic heterocycles. The number of halogens is 8. The Bertz CT molecular complexity index is 1930. The SMILES string of the molecule is CO.C[n+]1cc(Cl)c(CC(=O)c2ccc(OC(F)F)c(OCC3CC3)c2)c(Cl)c1.C[n+]1cc(Cl)c(CC(O)c2ccc(OC(F)F)c(OCC3CC3)c2)c(Cl)c1.[B].[H-].[Na+]. The number of ketones is 1. The van der Waals surface area contributed by atoms with Crippen molar-refractivity contribution in [3.63, 3.8) is 0 Å². The van der Waals surface area contributed by atoms with Crippen LogP contribution in [0.5, 0.6) is 23.0 Å². The van der Waals surface area contributed by atoms with Crippen molar-refractivity contribution >= 4 is 60.6 Å². The zero-order chi connectivity index (χ0) is 41.1. The Morgan fingerprint density at radius 1 is 0.724 bits per heavy atom. The molecule has 19 heteroatoms. The summed E-state index contributed by atoms with van der Waals surface area (Å²) in [5, 5.41) is 19.2. The number of aryl methyl sites for hydroxylation is 2. The number of rotatable bonds is 16. The maximum absolute atomic E-state index is 12.7. The van der Waals surface area contributed by atoms with Crippen molar-refractivity contribution in [1.82, 2.24) is 0 Å². The fourth-order valence-electron chi connectivity index (χ4n) is 5.28. The van der Waals surface area contributed by atoms with Gasteiger partial charge in [0.05, 0.1) is 19.3 Å². The second-order valence-electron chi connectivity index (χ2n) is 13.1. The van der Waals surface area contributed by atoms with E-state index in [1.165, 1.54) is 36.4 Å². The molecule has 309 valence electrons. The van der Waals surface area contributed by atoms with Crippen molar-refractivity contribution in [2.45, 2.75) is 57.9 Å². The van der Waals surface area contributed by atoms with E-state index in [0.717, 1.165) is 32.8 Å². The third-order valence-corrected chi connectivity index (χ3v) is 9.85. The number of Topliss-reactive ketones (excluding diaryl/α,β-unsaturated/α-hetero) is 1. The number of hydrogen-bond donors (Lipinski definition) is 2. The Kier molecular flexibility index (Phi) is 21.9. The summed E-state index contributed by atoms with van der Waals surface area (Å²) in [6, 6.07) is 8.59. The molecule has 6 rings (SSSR count). The number of aliphatic hydroxyl groups excluding tert-OH is 2. The summed E-state index contributed by atoms with van der Waals surface area (Å²) in [5.74, 6) is 0.786. The molecule has 2 aliphatic rings. The van der Waals surface area contributed by atoms with E-state index >= 15 is 0 Å². The van der Waals surface area contributed by atoms with E-state index in [1.807, 2.05) is 0 Å². The molecule has 1 unspecified atom stereocenters. The molecular formula is C39H43BCl4F4N2NaO7+2. The van der Waals surface area contributed by atoms with Gasteiger partial charge >= 0.3 is 42.8 Å². The molecule has 0 amide bonds. The summed E-state index contributed by atoms with van der Waals surface area (Å²) in [4.78, 5) is 12.7. The summed E-state index contributed by atoms with van der Waals surface area (Å²) in [7, 11) is 4.57. The van der Waals surface area contributed by atoms with Gasteiger partial charge in [0.1, 0.15) is 34.2 Å². The fraction of sp³-hybridized carbons (Fsp3) is 0.410. The van der Waals surface area contributed by atoms with Crippen molar-refractivity contribution in [1.29, 1.82) is 0 Å². The largest absolute Gasteiger partial charge is 1.00 e. The normalized spacial score (nSPS) is 13.5. The molecule has 0 saturated heterocycles. The van der Waals surface area contributed by atoms with Gasteiger partial charge in [0.25, 0.3) is 0 Å². The minimum absolute atomic E-state index is 0. The van der Waals surface area contributed by atoms with Gasteiger partial charge < -0.3 is 30.6 Å². The van der Waals surface area contributed by atoms with Crippen LogP contribution >= 0.6 is 46.4 Å². The molecule has 2 aromatic carbocycles. The molecule has 2 N–H and O–H groups in total. The molecule has 0 bridgehead atoms. The molecule has 1 atom stereocenters. The van der Waals surface area contributed by atoms with Gasteiger partial charge in [-0.1, -0.05) is 52.5 Å². The summed E-state index contributed by atoms with van der Waals surface area (Å²) < 4.78 is 74.1. The van der Waals surface area contributed by atoms with E-state index in [0.29, 0.717) is 67.4 Å². The second kappa shape index (κ2) is 24.7. The Morgan fingerprint density at radius 3 is 1.57 bits per heavy atom. The number of carbonyl (C=O) groups excluding carboxylic acids is 1. The molecule has 2 heterocycles. The zero-order valence-corrected chi connectivity index (χ0v) is 37.3. The van der Waals surface area contributed by atoms with Gasteiger partial charge in [-0.15, -0.1) is 0 Å². The summed E-state index contributed by atoms with van der Waals surface area (Å²) >= 11 is 24.8. The first-order chi connectivity index (χ1) is 26.7. The van der Waals surface area contributed by atoms with Gasteiger partial charge in [0.15, 0.2) is 53.6 Å². The number of aliphatic hydroxyl groups is 2. The Balaban J connectivity index is 0.000000540. The fourth-order valence-corrected chi connectivity index (χ4v) is 6.68. The monoisotopic (exact) mass is 901 g/mol. The Hall–Kier alpha value is -2.53. The molecule has 9 nitrogen and oxygen atoms in total. The van der Waals surface area contributed by atoms with Gasteiger partial charge in [-0.25, -0.2) is 9.13 Å². The maximum atomic E-state index is 12.7. The minimum atomic E-state index is -2.97. The van der Waals surface area contributed by atoms with Crippen LogP contribution in [0, 0.1) is 11.8 Å². The van der Waals surface area contributed by atoms with Crippen LogP contribution in [0.2, 0.25) is 20.1 Å². The van der Waals surface area contributed by atoms with Crippen LogP contribution in [-0.4, -0.2) is 58.0 Å². The molecule has 4 aromatic rings. The van der Waals surface area contributed by atoms with Crippen molar-refractivity contribution in [3.8, 4) is 23.0 Å². The Labute approximate surface area is 380 Å². The third-order valence-electron chi connectivity index (χ3n) is 8.55. The first kappa shape index (κ1) is 51.6. The van der Waals surface area contributed by atoms with E-state index in [1.54, 1.807) is 48.0 Å². The van der Waals surface area contributed by atoms with Gasteiger partial charge in [0.2, 0.25) is 0 Å². The topological polar surface area (TPSA) is 102 Å². The summed E-state index contributed by atoms with van der Waals surface area (Å²) in [5.41, 5.74) is 1.93. The van der Waals surface area contributed by atoms with Crippen LogP contribution < -0.4 is 57.6 Å². The van der Waals surface area contributed by atoms with Crippen LogP contribution in [0.3, 0.4) is 0 Å².